The zero-order valence-electron chi connectivity index (χ0n) is 15.3. The Morgan fingerprint density at radius 2 is 1.63 bits per heavy atom. The maximum Gasteiger partial charge on any atom is 0.252 e. The Balaban J connectivity index is 1.50. The summed E-state index contributed by atoms with van der Waals surface area (Å²) in [5.74, 6) is 0.0109. The number of rotatable bonds is 5. The number of hydrogen-bond acceptors (Lipinski definition) is 3. The maximum absolute atomic E-state index is 13.3. The number of para-hydroxylation sites is 1. The van der Waals surface area contributed by atoms with Gasteiger partial charge in [-0.05, 0) is 36.6 Å². The molecular formula is C22H24N4O. The quantitative estimate of drug-likeness (QED) is 0.757. The predicted molar refractivity (Wildman–Crippen MR) is 106 cm³/mol. The molecule has 0 atom stereocenters. The molecule has 0 unspecified atom stereocenters. The van der Waals surface area contributed by atoms with E-state index in [9.17, 15) is 4.79 Å². The highest BCUT2D eigenvalue weighted by Gasteiger charge is 2.43. The molecule has 1 aromatic heterocycles. The molecule has 0 bridgehead atoms. The lowest BCUT2D eigenvalue weighted by atomic mass is 9.86. The minimum absolute atomic E-state index is 0.0109. The summed E-state index contributed by atoms with van der Waals surface area (Å²) in [7, 11) is 0. The van der Waals surface area contributed by atoms with Crippen molar-refractivity contribution < 1.29 is 4.79 Å². The minimum atomic E-state index is -0.646. The molecular weight excluding hydrogens is 336 g/mol. The summed E-state index contributed by atoms with van der Waals surface area (Å²) in [6, 6.07) is 22.0. The van der Waals surface area contributed by atoms with E-state index in [-0.39, 0.29) is 5.91 Å². The molecule has 4 rings (SSSR count). The zero-order valence-corrected chi connectivity index (χ0v) is 15.3. The van der Waals surface area contributed by atoms with E-state index in [4.69, 9.17) is 0 Å². The number of piperidine rings is 1. The van der Waals surface area contributed by atoms with Gasteiger partial charge in [-0.3, -0.25) is 14.4 Å². The standard InChI is InChI=1S/C22H24N4O/c27-21(24-20-10-5-2-6-11-20)22(26-15-7-14-23-26)12-16-25(17-13-22)18-19-8-3-1-4-9-19/h1-11,14-15H,12-13,16-18H2,(H,24,27). The molecule has 0 radical (unpaired) electrons. The monoisotopic (exact) mass is 360 g/mol. The number of hydrogen-bond donors (Lipinski definition) is 1. The predicted octanol–water partition coefficient (Wildman–Crippen LogP) is 3.51. The van der Waals surface area contributed by atoms with Crippen molar-refractivity contribution in [3.05, 3.63) is 84.7 Å². The molecule has 27 heavy (non-hydrogen) atoms. The third-order valence-corrected chi connectivity index (χ3v) is 5.33. The number of amides is 1. The molecule has 3 aromatic rings. The van der Waals surface area contributed by atoms with E-state index in [2.05, 4.69) is 39.6 Å². The number of likely N-dealkylation sites (tertiary alicyclic amines) is 1. The van der Waals surface area contributed by atoms with E-state index >= 15 is 0 Å². The number of aromatic nitrogens is 2. The summed E-state index contributed by atoms with van der Waals surface area (Å²) >= 11 is 0. The second-order valence-electron chi connectivity index (χ2n) is 7.06. The number of benzene rings is 2. The first-order chi connectivity index (χ1) is 13.3. The van der Waals surface area contributed by atoms with Crippen molar-refractivity contribution in [3.8, 4) is 0 Å². The van der Waals surface area contributed by atoms with Gasteiger partial charge in [-0.2, -0.15) is 5.10 Å². The minimum Gasteiger partial charge on any atom is -0.324 e. The van der Waals surface area contributed by atoms with Crippen LogP contribution in [0.15, 0.2) is 79.1 Å². The number of nitrogens with zero attached hydrogens (tertiary/aromatic N) is 3. The second-order valence-corrected chi connectivity index (χ2v) is 7.06. The Morgan fingerprint density at radius 1 is 0.963 bits per heavy atom. The van der Waals surface area contributed by atoms with Crippen LogP contribution in [-0.2, 0) is 16.9 Å². The van der Waals surface area contributed by atoms with Crippen molar-refractivity contribution in [2.75, 3.05) is 18.4 Å². The molecule has 5 heteroatoms. The van der Waals surface area contributed by atoms with E-state index < -0.39 is 5.54 Å². The van der Waals surface area contributed by atoms with E-state index in [1.165, 1.54) is 5.56 Å². The molecule has 138 valence electrons. The van der Waals surface area contributed by atoms with Crippen molar-refractivity contribution in [2.45, 2.75) is 24.9 Å². The Morgan fingerprint density at radius 3 is 2.26 bits per heavy atom. The van der Waals surface area contributed by atoms with E-state index in [1.807, 2.05) is 53.3 Å². The molecule has 1 aliphatic heterocycles. The lowest BCUT2D eigenvalue weighted by molar-refractivity contribution is -0.127. The average molecular weight is 360 g/mol. The Hall–Kier alpha value is -2.92. The van der Waals surface area contributed by atoms with Gasteiger partial charge in [0.05, 0.1) is 0 Å². The van der Waals surface area contributed by atoms with Crippen LogP contribution in [-0.4, -0.2) is 33.7 Å². The molecule has 1 aliphatic rings. The third kappa shape index (κ3) is 3.78. The lowest BCUT2D eigenvalue weighted by Gasteiger charge is -2.40. The fourth-order valence-corrected chi connectivity index (χ4v) is 3.77. The van der Waals surface area contributed by atoms with Gasteiger partial charge in [-0.1, -0.05) is 48.5 Å². The Labute approximate surface area is 159 Å². The van der Waals surface area contributed by atoms with Crippen LogP contribution in [0, 0.1) is 0 Å². The summed E-state index contributed by atoms with van der Waals surface area (Å²) in [5, 5.41) is 7.51. The SMILES string of the molecule is O=C(Nc1ccccc1)C1(n2cccn2)CCN(Cc2ccccc2)CC1. The first-order valence-electron chi connectivity index (χ1n) is 9.39. The number of carbonyl (C=O) groups excluding carboxylic acids is 1. The third-order valence-electron chi connectivity index (χ3n) is 5.33. The normalized spacial score (nSPS) is 16.7. The smallest absolute Gasteiger partial charge is 0.252 e. The van der Waals surface area contributed by atoms with Crippen LogP contribution in [0.3, 0.4) is 0 Å². The van der Waals surface area contributed by atoms with Gasteiger partial charge in [0.25, 0.3) is 5.91 Å². The van der Waals surface area contributed by atoms with Crippen LogP contribution in [0.25, 0.3) is 0 Å². The fraction of sp³-hybridized carbons (Fsp3) is 0.273. The molecule has 1 N–H and O–H groups in total. The largest absolute Gasteiger partial charge is 0.324 e. The topological polar surface area (TPSA) is 50.2 Å². The summed E-state index contributed by atoms with van der Waals surface area (Å²) < 4.78 is 1.84. The molecule has 1 fully saturated rings. The van der Waals surface area contributed by atoms with Gasteiger partial charge in [0, 0.05) is 37.7 Å². The summed E-state index contributed by atoms with van der Waals surface area (Å²) in [6.45, 7) is 2.63. The zero-order chi connectivity index (χ0) is 18.5. The highest BCUT2D eigenvalue weighted by Crippen LogP contribution is 2.32. The molecule has 1 saturated heterocycles. The van der Waals surface area contributed by atoms with Crippen molar-refractivity contribution in [1.29, 1.82) is 0 Å². The molecule has 2 aromatic carbocycles. The van der Waals surface area contributed by atoms with Crippen LogP contribution in [0.1, 0.15) is 18.4 Å². The summed E-state index contributed by atoms with van der Waals surface area (Å²) in [6.07, 6.45) is 5.12. The van der Waals surface area contributed by atoms with Gasteiger partial charge in [0.1, 0.15) is 5.54 Å². The first-order valence-corrected chi connectivity index (χ1v) is 9.39. The molecule has 1 amide bonds. The van der Waals surface area contributed by atoms with Crippen molar-refractivity contribution in [3.63, 3.8) is 0 Å². The van der Waals surface area contributed by atoms with Crippen molar-refractivity contribution >= 4 is 11.6 Å². The Bertz CT molecular complexity index is 854. The van der Waals surface area contributed by atoms with Gasteiger partial charge in [-0.15, -0.1) is 0 Å². The fourth-order valence-electron chi connectivity index (χ4n) is 3.77. The van der Waals surface area contributed by atoms with Gasteiger partial charge >= 0.3 is 0 Å². The average Bonchev–Trinajstić information content (AvgIpc) is 3.26. The van der Waals surface area contributed by atoms with E-state index in [0.717, 1.165) is 38.2 Å². The molecule has 0 spiro atoms. The summed E-state index contributed by atoms with van der Waals surface area (Å²) in [4.78, 5) is 15.7. The van der Waals surface area contributed by atoms with Crippen LogP contribution < -0.4 is 5.32 Å². The Kier molecular flexibility index (Phi) is 5.03. The molecule has 5 nitrogen and oxygen atoms in total. The summed E-state index contributed by atoms with van der Waals surface area (Å²) in [5.41, 5.74) is 1.48. The van der Waals surface area contributed by atoms with Gasteiger partial charge < -0.3 is 5.32 Å². The first kappa shape index (κ1) is 17.5. The second kappa shape index (κ2) is 7.76. The number of nitrogens with one attached hydrogen (secondary N) is 1. The van der Waals surface area contributed by atoms with Gasteiger partial charge in [0.15, 0.2) is 0 Å². The van der Waals surface area contributed by atoms with Gasteiger partial charge in [0.2, 0.25) is 0 Å². The van der Waals surface area contributed by atoms with Crippen LogP contribution in [0.2, 0.25) is 0 Å². The highest BCUT2D eigenvalue weighted by atomic mass is 16.2. The maximum atomic E-state index is 13.3. The number of carbonyl (C=O) groups is 1. The van der Waals surface area contributed by atoms with Crippen LogP contribution in [0.4, 0.5) is 5.69 Å². The van der Waals surface area contributed by atoms with Crippen molar-refractivity contribution in [2.24, 2.45) is 0 Å². The highest BCUT2D eigenvalue weighted by molar-refractivity contribution is 5.96. The lowest BCUT2D eigenvalue weighted by Crippen LogP contribution is -2.53. The van der Waals surface area contributed by atoms with Gasteiger partial charge in [-0.25, -0.2) is 0 Å². The van der Waals surface area contributed by atoms with Crippen LogP contribution >= 0.6 is 0 Å². The molecule has 0 aliphatic carbocycles. The molecule has 0 saturated carbocycles. The molecule has 2 heterocycles. The van der Waals surface area contributed by atoms with Crippen LogP contribution in [0.5, 0.6) is 0 Å². The van der Waals surface area contributed by atoms with E-state index in [1.54, 1.807) is 6.20 Å². The van der Waals surface area contributed by atoms with Crippen molar-refractivity contribution in [1.82, 2.24) is 14.7 Å². The van der Waals surface area contributed by atoms with E-state index in [0.29, 0.717) is 0 Å². The number of anilines is 1.